The van der Waals surface area contributed by atoms with Crippen molar-refractivity contribution in [1.29, 1.82) is 0 Å². The molecule has 0 bridgehead atoms. The summed E-state index contributed by atoms with van der Waals surface area (Å²) in [5.41, 5.74) is 12.7. The van der Waals surface area contributed by atoms with Crippen LogP contribution >= 0.6 is 0 Å². The summed E-state index contributed by atoms with van der Waals surface area (Å²) in [7, 11) is 1.56. The highest BCUT2D eigenvalue weighted by Gasteiger charge is 2.02. The van der Waals surface area contributed by atoms with Crippen LogP contribution < -0.4 is 16.8 Å². The second-order valence-corrected chi connectivity index (χ2v) is 3.83. The first-order valence-electron chi connectivity index (χ1n) is 5.61. The van der Waals surface area contributed by atoms with Crippen molar-refractivity contribution in [2.75, 3.05) is 13.6 Å². The molecule has 0 saturated heterocycles. The van der Waals surface area contributed by atoms with Crippen molar-refractivity contribution in [2.24, 2.45) is 21.5 Å². The van der Waals surface area contributed by atoms with E-state index in [2.05, 4.69) is 15.3 Å². The molecule has 6 N–H and O–H groups in total. The number of aryl methyl sites for hydroxylation is 1. The van der Waals surface area contributed by atoms with Gasteiger partial charge in [-0.1, -0.05) is 18.2 Å². The fourth-order valence-electron chi connectivity index (χ4n) is 1.44. The molecule has 1 aromatic rings. The topological polar surface area (TPSA) is 109 Å². The van der Waals surface area contributed by atoms with Gasteiger partial charge in [-0.3, -0.25) is 15.3 Å². The van der Waals surface area contributed by atoms with Crippen molar-refractivity contribution in [2.45, 2.75) is 13.3 Å². The summed E-state index contributed by atoms with van der Waals surface area (Å²) in [5.74, 6) is 0.744. The standard InChI is InChI=1S/C12H19N5O/c1-8-4-3-5-9(10(8)18)6-7-16-12(14)17-11(13)15-2/h3-5,18H,6-7H2,1-2H3,(H5,13,14,15,16,17). The van der Waals surface area contributed by atoms with E-state index < -0.39 is 0 Å². The number of para-hydroxylation sites is 1. The van der Waals surface area contributed by atoms with Crippen LogP contribution in [0.3, 0.4) is 0 Å². The number of hydrogen-bond donors (Lipinski definition) is 4. The molecule has 0 fully saturated rings. The first-order valence-corrected chi connectivity index (χ1v) is 5.61. The molecule has 0 heterocycles. The van der Waals surface area contributed by atoms with E-state index >= 15 is 0 Å². The van der Waals surface area contributed by atoms with E-state index in [4.69, 9.17) is 11.5 Å². The maximum atomic E-state index is 9.81. The smallest absolute Gasteiger partial charge is 0.195 e. The van der Waals surface area contributed by atoms with Gasteiger partial charge in [0.05, 0.1) is 0 Å². The SMILES string of the molecule is CN=C(N)NC(N)=NCCc1cccc(C)c1O. The highest BCUT2D eigenvalue weighted by Crippen LogP contribution is 2.21. The van der Waals surface area contributed by atoms with Gasteiger partial charge in [0.1, 0.15) is 5.75 Å². The molecule has 0 aliphatic rings. The molecule has 18 heavy (non-hydrogen) atoms. The molecule has 0 aliphatic heterocycles. The summed E-state index contributed by atoms with van der Waals surface area (Å²) >= 11 is 0. The van der Waals surface area contributed by atoms with Gasteiger partial charge in [0.2, 0.25) is 0 Å². The fraction of sp³-hybridized carbons (Fsp3) is 0.333. The molecule has 0 atom stereocenters. The maximum Gasteiger partial charge on any atom is 0.195 e. The van der Waals surface area contributed by atoms with Gasteiger partial charge in [-0.05, 0) is 24.5 Å². The number of aliphatic imine (C=N–C) groups is 2. The zero-order valence-corrected chi connectivity index (χ0v) is 10.6. The van der Waals surface area contributed by atoms with E-state index in [1.165, 1.54) is 0 Å². The second-order valence-electron chi connectivity index (χ2n) is 3.83. The lowest BCUT2D eigenvalue weighted by Gasteiger charge is -2.06. The Hall–Kier alpha value is -2.24. The molecule has 0 saturated carbocycles. The predicted octanol–water partition coefficient (Wildman–Crippen LogP) is 0.0919. The minimum Gasteiger partial charge on any atom is -0.507 e. The lowest BCUT2D eigenvalue weighted by molar-refractivity contribution is 0.464. The molecule has 6 nitrogen and oxygen atoms in total. The molecule has 0 spiro atoms. The van der Waals surface area contributed by atoms with Crippen LogP contribution in [0.25, 0.3) is 0 Å². The van der Waals surface area contributed by atoms with Gasteiger partial charge < -0.3 is 16.6 Å². The Labute approximate surface area is 106 Å². The monoisotopic (exact) mass is 249 g/mol. The third kappa shape index (κ3) is 3.97. The Bertz CT molecular complexity index is 468. The minimum atomic E-state index is 0.213. The van der Waals surface area contributed by atoms with E-state index in [1.54, 1.807) is 7.05 Å². The molecule has 6 heteroatoms. The van der Waals surface area contributed by atoms with Crippen molar-refractivity contribution in [3.8, 4) is 5.75 Å². The number of benzene rings is 1. The van der Waals surface area contributed by atoms with Gasteiger partial charge in [0, 0.05) is 13.6 Å². The lowest BCUT2D eigenvalue weighted by atomic mass is 10.1. The summed E-state index contributed by atoms with van der Waals surface area (Å²) in [4.78, 5) is 7.79. The number of hydrogen-bond acceptors (Lipinski definition) is 3. The molecule has 98 valence electrons. The maximum absolute atomic E-state index is 9.81. The van der Waals surface area contributed by atoms with Gasteiger partial charge in [-0.15, -0.1) is 0 Å². The fourth-order valence-corrected chi connectivity index (χ4v) is 1.44. The van der Waals surface area contributed by atoms with Gasteiger partial charge >= 0.3 is 0 Å². The van der Waals surface area contributed by atoms with Crippen LogP contribution in [0.4, 0.5) is 0 Å². The number of rotatable bonds is 3. The van der Waals surface area contributed by atoms with Crippen LogP contribution in [0.2, 0.25) is 0 Å². The van der Waals surface area contributed by atoms with Crippen LogP contribution in [-0.4, -0.2) is 30.6 Å². The van der Waals surface area contributed by atoms with E-state index in [0.29, 0.717) is 18.7 Å². The number of nitrogens with one attached hydrogen (secondary N) is 1. The number of nitrogens with zero attached hydrogens (tertiary/aromatic N) is 2. The summed E-state index contributed by atoms with van der Waals surface area (Å²) in [6.45, 7) is 2.32. The average molecular weight is 249 g/mol. The number of aromatic hydroxyl groups is 1. The predicted molar refractivity (Wildman–Crippen MR) is 73.7 cm³/mol. The van der Waals surface area contributed by atoms with Crippen molar-refractivity contribution in [1.82, 2.24) is 5.32 Å². The van der Waals surface area contributed by atoms with Gasteiger partial charge in [-0.2, -0.15) is 0 Å². The summed E-state index contributed by atoms with van der Waals surface area (Å²) < 4.78 is 0. The van der Waals surface area contributed by atoms with Crippen LogP contribution in [-0.2, 0) is 6.42 Å². The van der Waals surface area contributed by atoms with Crippen LogP contribution in [0.1, 0.15) is 11.1 Å². The largest absolute Gasteiger partial charge is 0.507 e. The lowest BCUT2D eigenvalue weighted by Crippen LogP contribution is -2.41. The zero-order valence-electron chi connectivity index (χ0n) is 10.6. The van der Waals surface area contributed by atoms with Crippen LogP contribution in [0.5, 0.6) is 5.75 Å². The molecular weight excluding hydrogens is 230 g/mol. The Kier molecular flexibility index (Phi) is 4.98. The average Bonchev–Trinajstić information content (AvgIpc) is 2.34. The first-order chi connectivity index (χ1) is 8.54. The summed E-state index contributed by atoms with van der Waals surface area (Å²) in [6, 6.07) is 5.62. The first kappa shape index (κ1) is 13.8. The molecular formula is C12H19N5O. The van der Waals surface area contributed by atoms with E-state index in [0.717, 1.165) is 11.1 Å². The molecule has 0 unspecified atom stereocenters. The molecule has 0 aliphatic carbocycles. The number of phenols is 1. The van der Waals surface area contributed by atoms with Crippen molar-refractivity contribution in [3.05, 3.63) is 29.3 Å². The van der Waals surface area contributed by atoms with Crippen LogP contribution in [0.15, 0.2) is 28.2 Å². The molecule has 0 radical (unpaired) electrons. The number of guanidine groups is 2. The normalized spacial score (nSPS) is 12.6. The zero-order chi connectivity index (χ0) is 13.5. The Morgan fingerprint density at radius 1 is 1.33 bits per heavy atom. The summed E-state index contributed by atoms with van der Waals surface area (Å²) in [5, 5.41) is 12.4. The third-order valence-electron chi connectivity index (χ3n) is 2.48. The number of nitrogens with two attached hydrogens (primary N) is 2. The van der Waals surface area contributed by atoms with E-state index in [1.807, 2.05) is 25.1 Å². The minimum absolute atomic E-state index is 0.213. The van der Waals surface area contributed by atoms with Gasteiger partial charge in [0.25, 0.3) is 0 Å². The van der Waals surface area contributed by atoms with Crippen molar-refractivity contribution in [3.63, 3.8) is 0 Å². The Morgan fingerprint density at radius 2 is 2.06 bits per heavy atom. The van der Waals surface area contributed by atoms with Crippen molar-refractivity contribution < 1.29 is 5.11 Å². The number of phenolic OH excluding ortho intramolecular Hbond substituents is 1. The van der Waals surface area contributed by atoms with E-state index in [-0.39, 0.29) is 11.9 Å². The third-order valence-corrected chi connectivity index (χ3v) is 2.48. The highest BCUT2D eigenvalue weighted by atomic mass is 16.3. The second kappa shape index (κ2) is 6.48. The molecule has 0 amide bonds. The Morgan fingerprint density at radius 3 is 2.72 bits per heavy atom. The van der Waals surface area contributed by atoms with Gasteiger partial charge in [-0.25, -0.2) is 0 Å². The molecule has 1 rings (SSSR count). The quantitative estimate of drug-likeness (QED) is 0.449. The highest BCUT2D eigenvalue weighted by molar-refractivity contribution is 5.96. The Balaban J connectivity index is 2.56. The summed E-state index contributed by atoms with van der Waals surface area (Å²) in [6.07, 6.45) is 0.610. The van der Waals surface area contributed by atoms with Gasteiger partial charge in [0.15, 0.2) is 11.9 Å². The van der Waals surface area contributed by atoms with Crippen molar-refractivity contribution >= 4 is 11.9 Å². The van der Waals surface area contributed by atoms with Crippen LogP contribution in [0, 0.1) is 6.92 Å². The molecule has 0 aromatic heterocycles. The van der Waals surface area contributed by atoms with E-state index in [9.17, 15) is 5.11 Å². The molecule has 1 aromatic carbocycles.